The number of aryl methyl sites for hydroxylation is 1. The molecule has 1 aliphatic heterocycles. The minimum absolute atomic E-state index is 0.169. The summed E-state index contributed by atoms with van der Waals surface area (Å²) in [6.45, 7) is 3.85. The van der Waals surface area contributed by atoms with Crippen molar-refractivity contribution in [2.45, 2.75) is 19.9 Å². The summed E-state index contributed by atoms with van der Waals surface area (Å²) < 4.78 is 2.22. The monoisotopic (exact) mass is 504 g/mol. The average molecular weight is 505 g/mol. The van der Waals surface area contributed by atoms with E-state index in [1.54, 1.807) is 4.57 Å². The lowest BCUT2D eigenvalue weighted by molar-refractivity contribution is -0.113. The number of hydrogen-bond acceptors (Lipinski definition) is 4. The quantitative estimate of drug-likeness (QED) is 0.373. The van der Waals surface area contributed by atoms with Crippen LogP contribution in [0.5, 0.6) is 0 Å². The van der Waals surface area contributed by atoms with Crippen molar-refractivity contribution in [3.05, 3.63) is 133 Å². The average Bonchev–Trinajstić information content (AvgIpc) is 3.45. The molecule has 2 aromatic heterocycles. The Morgan fingerprint density at radius 2 is 1.73 bits per heavy atom. The fourth-order valence-electron chi connectivity index (χ4n) is 4.75. The molecule has 3 aromatic carbocycles. The zero-order chi connectivity index (χ0) is 25.5. The standard InChI is InChI=1S/C30H24N4O2S/c1-18-12-14-20(15-13-18)27-26(28(35)33-22-8-4-3-5-9-22)19(2)32-30-34(27)29(36)25(37-30)16-21-17-31-24-11-7-6-10-23(21)24/h3-17,27,31H,1-2H3,(H,33,35)/b25-16+. The van der Waals surface area contributed by atoms with Gasteiger partial charge in [-0.15, -0.1) is 0 Å². The van der Waals surface area contributed by atoms with Gasteiger partial charge in [0.1, 0.15) is 0 Å². The highest BCUT2D eigenvalue weighted by atomic mass is 32.1. The van der Waals surface area contributed by atoms with E-state index in [2.05, 4.69) is 10.3 Å². The molecule has 1 atom stereocenters. The van der Waals surface area contributed by atoms with Gasteiger partial charge in [0.05, 0.1) is 21.8 Å². The van der Waals surface area contributed by atoms with Crippen LogP contribution in [0.2, 0.25) is 0 Å². The maximum atomic E-state index is 13.9. The predicted molar refractivity (Wildman–Crippen MR) is 148 cm³/mol. The number of amides is 1. The largest absolute Gasteiger partial charge is 0.361 e. The van der Waals surface area contributed by atoms with Gasteiger partial charge in [0, 0.05) is 28.4 Å². The van der Waals surface area contributed by atoms with Gasteiger partial charge in [0.15, 0.2) is 4.80 Å². The van der Waals surface area contributed by atoms with E-state index in [1.807, 2.05) is 105 Å². The van der Waals surface area contributed by atoms with Crippen LogP contribution in [0.1, 0.15) is 29.7 Å². The molecule has 182 valence electrons. The number of benzene rings is 3. The topological polar surface area (TPSA) is 79.2 Å². The highest BCUT2D eigenvalue weighted by Crippen LogP contribution is 2.31. The highest BCUT2D eigenvalue weighted by Gasteiger charge is 2.32. The van der Waals surface area contributed by atoms with E-state index in [0.717, 1.165) is 27.6 Å². The van der Waals surface area contributed by atoms with Crippen molar-refractivity contribution in [2.24, 2.45) is 4.99 Å². The Bertz CT molecular complexity index is 1860. The molecular formula is C30H24N4O2S. The molecule has 1 unspecified atom stereocenters. The van der Waals surface area contributed by atoms with E-state index in [9.17, 15) is 9.59 Å². The highest BCUT2D eigenvalue weighted by molar-refractivity contribution is 7.07. The lowest BCUT2D eigenvalue weighted by atomic mass is 9.94. The van der Waals surface area contributed by atoms with Crippen LogP contribution in [0.3, 0.4) is 0 Å². The first-order valence-corrected chi connectivity index (χ1v) is 12.8. The molecule has 0 aliphatic carbocycles. The van der Waals surface area contributed by atoms with E-state index >= 15 is 0 Å². The molecule has 1 amide bonds. The van der Waals surface area contributed by atoms with Crippen molar-refractivity contribution in [2.75, 3.05) is 5.32 Å². The molecule has 0 fully saturated rings. The maximum absolute atomic E-state index is 13.9. The van der Waals surface area contributed by atoms with Gasteiger partial charge in [-0.2, -0.15) is 0 Å². The molecular weight excluding hydrogens is 480 g/mol. The maximum Gasteiger partial charge on any atom is 0.271 e. The number of aromatic amines is 1. The summed E-state index contributed by atoms with van der Waals surface area (Å²) in [6.07, 6.45) is 3.81. The van der Waals surface area contributed by atoms with Crippen molar-refractivity contribution in [1.82, 2.24) is 9.55 Å². The third kappa shape index (κ3) is 4.13. The molecule has 1 aliphatic rings. The lowest BCUT2D eigenvalue weighted by Crippen LogP contribution is -2.40. The molecule has 5 aromatic rings. The molecule has 0 radical (unpaired) electrons. The number of allylic oxidation sites excluding steroid dienone is 1. The number of rotatable bonds is 4. The summed E-state index contributed by atoms with van der Waals surface area (Å²) in [5.74, 6) is -0.274. The van der Waals surface area contributed by atoms with Gasteiger partial charge in [-0.1, -0.05) is 77.6 Å². The van der Waals surface area contributed by atoms with Crippen molar-refractivity contribution >= 4 is 39.9 Å². The Hall–Kier alpha value is -4.49. The molecule has 0 saturated heterocycles. The number of aromatic nitrogens is 2. The minimum Gasteiger partial charge on any atom is -0.361 e. The molecule has 2 N–H and O–H groups in total. The van der Waals surface area contributed by atoms with E-state index in [4.69, 9.17) is 4.99 Å². The normalized spacial score (nSPS) is 15.5. The molecule has 0 bridgehead atoms. The van der Waals surface area contributed by atoms with Crippen molar-refractivity contribution in [3.8, 4) is 0 Å². The number of carbonyl (C=O) groups excluding carboxylic acids is 1. The molecule has 6 rings (SSSR count). The second-order valence-electron chi connectivity index (χ2n) is 9.10. The van der Waals surface area contributed by atoms with E-state index < -0.39 is 6.04 Å². The Morgan fingerprint density at radius 3 is 2.51 bits per heavy atom. The number of carbonyl (C=O) groups is 1. The van der Waals surface area contributed by atoms with E-state index in [0.29, 0.717) is 26.3 Å². The first kappa shape index (κ1) is 22.9. The smallest absolute Gasteiger partial charge is 0.271 e. The Balaban J connectivity index is 1.52. The Morgan fingerprint density at radius 1 is 1.00 bits per heavy atom. The number of nitrogens with one attached hydrogen (secondary N) is 2. The van der Waals surface area contributed by atoms with Crippen LogP contribution in [-0.4, -0.2) is 15.5 Å². The van der Waals surface area contributed by atoms with Gasteiger partial charge in [-0.05, 0) is 43.7 Å². The van der Waals surface area contributed by atoms with Crippen molar-refractivity contribution in [3.63, 3.8) is 0 Å². The van der Waals surface area contributed by atoms with Gasteiger partial charge in [-0.3, -0.25) is 14.2 Å². The third-order valence-corrected chi connectivity index (χ3v) is 7.58. The molecule has 3 heterocycles. The zero-order valence-electron chi connectivity index (χ0n) is 20.4. The number of fused-ring (bicyclic) bond motifs is 2. The third-order valence-electron chi connectivity index (χ3n) is 6.60. The lowest BCUT2D eigenvalue weighted by Gasteiger charge is -2.25. The Labute approximate surface area is 217 Å². The number of para-hydroxylation sites is 2. The van der Waals surface area contributed by atoms with Crippen LogP contribution in [0.15, 0.2) is 106 Å². The summed E-state index contributed by atoms with van der Waals surface area (Å²) in [5.41, 5.74) is 5.48. The van der Waals surface area contributed by atoms with Gasteiger partial charge < -0.3 is 10.3 Å². The summed E-state index contributed by atoms with van der Waals surface area (Å²) in [5, 5.41) is 4.03. The second kappa shape index (κ2) is 9.19. The van der Waals surface area contributed by atoms with Crippen LogP contribution in [0.25, 0.3) is 17.0 Å². The number of H-pyrrole nitrogens is 1. The molecule has 6 nitrogen and oxygen atoms in total. The van der Waals surface area contributed by atoms with Crippen molar-refractivity contribution in [1.29, 1.82) is 0 Å². The Kier molecular flexibility index (Phi) is 5.70. The minimum atomic E-state index is -0.592. The second-order valence-corrected chi connectivity index (χ2v) is 10.1. The first-order chi connectivity index (χ1) is 18.0. The predicted octanol–water partition coefficient (Wildman–Crippen LogP) is 4.66. The number of nitrogens with zero attached hydrogens (tertiary/aromatic N) is 2. The first-order valence-electron chi connectivity index (χ1n) is 12.0. The number of thiazole rings is 1. The summed E-state index contributed by atoms with van der Waals surface area (Å²) in [7, 11) is 0. The van der Waals surface area contributed by atoms with Crippen LogP contribution in [0, 0.1) is 6.92 Å². The van der Waals surface area contributed by atoms with Gasteiger partial charge in [0.2, 0.25) is 0 Å². The molecule has 37 heavy (non-hydrogen) atoms. The molecule has 7 heteroatoms. The number of anilines is 1. The summed E-state index contributed by atoms with van der Waals surface area (Å²) >= 11 is 1.34. The van der Waals surface area contributed by atoms with Gasteiger partial charge >= 0.3 is 0 Å². The van der Waals surface area contributed by atoms with Crippen LogP contribution < -0.4 is 20.2 Å². The zero-order valence-corrected chi connectivity index (χ0v) is 21.2. The fourth-order valence-corrected chi connectivity index (χ4v) is 5.79. The van der Waals surface area contributed by atoms with E-state index in [-0.39, 0.29) is 11.5 Å². The SMILES string of the molecule is CC1=C(C(=O)Nc2ccccc2)C(c2ccc(C)cc2)n2c(s/c(=C/c3c[nH]c4ccccc34)c2=O)=N1. The van der Waals surface area contributed by atoms with E-state index in [1.165, 1.54) is 11.3 Å². The van der Waals surface area contributed by atoms with Gasteiger partial charge in [-0.25, -0.2) is 4.99 Å². The van der Waals surface area contributed by atoms with Gasteiger partial charge in [0.25, 0.3) is 11.5 Å². The van der Waals surface area contributed by atoms with Crippen molar-refractivity contribution < 1.29 is 4.79 Å². The summed E-state index contributed by atoms with van der Waals surface area (Å²) in [4.78, 5) is 36.1. The fraction of sp³-hybridized carbons (Fsp3) is 0.100. The number of hydrogen-bond donors (Lipinski definition) is 2. The van der Waals surface area contributed by atoms with Crippen LogP contribution in [-0.2, 0) is 4.79 Å². The molecule has 0 saturated carbocycles. The molecule has 0 spiro atoms. The summed E-state index contributed by atoms with van der Waals surface area (Å²) in [6, 6.07) is 24.7. The van der Waals surface area contributed by atoms with Crippen LogP contribution in [0.4, 0.5) is 5.69 Å². The van der Waals surface area contributed by atoms with Crippen LogP contribution >= 0.6 is 11.3 Å².